The highest BCUT2D eigenvalue weighted by Gasteiger charge is 2.39. The van der Waals surface area contributed by atoms with Crippen molar-refractivity contribution >= 4 is 116 Å². The number of amides is 6. The zero-order valence-electron chi connectivity index (χ0n) is 51.1. The molecule has 1 saturated heterocycles. The fourth-order valence-electron chi connectivity index (χ4n) is 11.1. The van der Waals surface area contributed by atoms with Crippen LogP contribution in [0.1, 0.15) is 139 Å². The van der Waals surface area contributed by atoms with Gasteiger partial charge in [-0.15, -0.1) is 11.3 Å². The van der Waals surface area contributed by atoms with Gasteiger partial charge in [-0.1, -0.05) is 34.8 Å². The van der Waals surface area contributed by atoms with Crippen molar-refractivity contribution in [3.8, 4) is 0 Å². The van der Waals surface area contributed by atoms with Crippen LogP contribution >= 0.6 is 46.1 Å². The fourth-order valence-corrected chi connectivity index (χ4v) is 13.0. The molecule has 8 N–H and O–H groups in total. The molecule has 0 saturated carbocycles. The lowest BCUT2D eigenvalue weighted by Crippen LogP contribution is -2.45. The fraction of sp³-hybridized carbons (Fsp3) is 0.344. The number of Topliss-reactive ketones (excluding diaryl/α,β-unsaturated/α-hetero) is 3. The van der Waals surface area contributed by atoms with E-state index in [1.54, 1.807) is 40.7 Å². The topological polar surface area (TPSA) is 303 Å². The molecule has 4 aliphatic heterocycles. The minimum Gasteiger partial charge on any atom is -0.389 e. The molecule has 4 aromatic heterocycles. The van der Waals surface area contributed by atoms with E-state index in [0.29, 0.717) is 103 Å². The molecule has 490 valence electrons. The van der Waals surface area contributed by atoms with Gasteiger partial charge in [0.15, 0.2) is 0 Å². The summed E-state index contributed by atoms with van der Waals surface area (Å²) in [5, 5.41) is 35.7. The summed E-state index contributed by atoms with van der Waals surface area (Å²) in [6.45, 7) is 11.2. The molecular formula is C64H64Cl3F3N10O12S. The monoisotopic (exact) mass is 1360 g/mol. The molecular weight excluding hydrogens is 1300 g/mol. The lowest BCUT2D eigenvalue weighted by Gasteiger charge is -2.17. The Morgan fingerprint density at radius 2 is 0.968 bits per heavy atom. The maximum atomic E-state index is 13.5. The number of aliphatic hydroxyl groups is 2. The van der Waals surface area contributed by atoms with Gasteiger partial charge in [0, 0.05) is 71.4 Å². The Labute approximate surface area is 549 Å². The number of carbonyl (C=O) groups excluding carboxylic acids is 9. The number of carbonyl (C=O) groups is 9. The number of hydrogen-bond donors (Lipinski definition) is 8. The predicted octanol–water partition coefficient (Wildman–Crippen LogP) is 8.75. The minimum atomic E-state index is -1.18. The second-order valence-electron chi connectivity index (χ2n) is 23.2. The highest BCUT2D eigenvalue weighted by molar-refractivity contribution is 7.11. The third-order valence-corrected chi connectivity index (χ3v) is 17.7. The predicted molar refractivity (Wildman–Crippen MR) is 340 cm³/mol. The number of aryl methyl sites for hydroxylation is 4. The quantitative estimate of drug-likeness (QED) is 0.0313. The van der Waals surface area contributed by atoms with Crippen molar-refractivity contribution in [1.82, 2.24) is 34.6 Å². The maximum absolute atomic E-state index is 13.5. The van der Waals surface area contributed by atoms with Crippen molar-refractivity contribution in [2.75, 3.05) is 35.7 Å². The van der Waals surface area contributed by atoms with Crippen molar-refractivity contribution in [2.24, 2.45) is 0 Å². The van der Waals surface area contributed by atoms with Gasteiger partial charge in [-0.3, -0.25) is 43.2 Å². The number of halogens is 6. The van der Waals surface area contributed by atoms with Gasteiger partial charge in [-0.2, -0.15) is 0 Å². The minimum absolute atomic E-state index is 0.0117. The number of benzene rings is 3. The van der Waals surface area contributed by atoms with Gasteiger partial charge in [-0.25, -0.2) is 18.2 Å². The second kappa shape index (κ2) is 28.8. The van der Waals surface area contributed by atoms with E-state index in [0.717, 1.165) is 16.3 Å². The van der Waals surface area contributed by atoms with E-state index < -0.39 is 76.4 Å². The number of fused-ring (bicyclic) bond motifs is 3. The van der Waals surface area contributed by atoms with Crippen LogP contribution in [0.25, 0.3) is 0 Å². The molecule has 0 aliphatic carbocycles. The average Bonchev–Trinajstić information content (AvgIpc) is 1.62. The Balaban J connectivity index is 0.000000165. The molecule has 7 aromatic rings. The van der Waals surface area contributed by atoms with Crippen LogP contribution in [-0.4, -0.2) is 119 Å². The lowest BCUT2D eigenvalue weighted by atomic mass is 10.1. The number of nitrogens with zero attached hydrogens (tertiary/aromatic N) is 4. The van der Waals surface area contributed by atoms with Crippen LogP contribution in [0, 0.1) is 45.1 Å². The summed E-state index contributed by atoms with van der Waals surface area (Å²) >= 11 is 20.7. The third kappa shape index (κ3) is 15.3. The Morgan fingerprint density at radius 1 is 0.591 bits per heavy atom. The highest BCUT2D eigenvalue weighted by Crippen LogP contribution is 2.38. The summed E-state index contributed by atoms with van der Waals surface area (Å²) in [6, 6.07) is 11.9. The van der Waals surface area contributed by atoms with Gasteiger partial charge >= 0.3 is 0 Å². The summed E-state index contributed by atoms with van der Waals surface area (Å²) in [7, 11) is 0. The van der Waals surface area contributed by atoms with E-state index in [1.807, 2.05) is 6.92 Å². The standard InChI is InChI=1S/C22H20ClFN4O3S.C21H21ClFN3O5.C21H23ClFN3O4/c1-11-8-13(5-6-15(11)24)27-21(30)17-16-4-3-7-28(16)19(18(17)23)20(29)22(31)26-10-14-9-25-12(2)32-14;1-10-7-11(4-5-12(10)23)24-20(29)16-14-3-2-6-26(14)18(17(16)22)19(28)21(30)25-13-8-31-9-15(13)27;1-11-9-12(6-7-13(11)23)25-19(28)15-14-5-4-8-26(14)17(16(15)22)18(27)20(29)24-10-21(2,3)30/h5-6,8-9H,3-4,7,10H2,1-2H3,(H,26,31)(H,27,30);4-5,7,13,15,27H,2-3,6,8-9H2,1H3,(H,24,29)(H,25,30);6-7,9,30H,4-5,8,10H2,1-3H3,(H,24,29)(H,25,28)/t;13-,15-;/m.0./s1. The molecule has 0 bridgehead atoms. The number of thiazole rings is 1. The highest BCUT2D eigenvalue weighted by atomic mass is 35.5. The maximum Gasteiger partial charge on any atom is 0.294 e. The van der Waals surface area contributed by atoms with E-state index in [4.69, 9.17) is 39.5 Å². The van der Waals surface area contributed by atoms with Crippen LogP contribution in [0.3, 0.4) is 0 Å². The van der Waals surface area contributed by atoms with E-state index in [-0.39, 0.29) is 86.8 Å². The largest absolute Gasteiger partial charge is 0.389 e. The number of ether oxygens (including phenoxy) is 1. The van der Waals surface area contributed by atoms with Crippen molar-refractivity contribution in [2.45, 2.75) is 124 Å². The normalized spacial score (nSPS) is 15.2. The van der Waals surface area contributed by atoms with Gasteiger partial charge < -0.3 is 60.6 Å². The molecule has 8 heterocycles. The Hall–Kier alpha value is -8.50. The van der Waals surface area contributed by atoms with Gasteiger partial charge in [0.1, 0.15) is 34.5 Å². The summed E-state index contributed by atoms with van der Waals surface area (Å²) in [5.74, 6) is -7.93. The van der Waals surface area contributed by atoms with E-state index in [2.05, 4.69) is 36.9 Å². The van der Waals surface area contributed by atoms with Crippen molar-refractivity contribution in [3.63, 3.8) is 0 Å². The molecule has 6 amide bonds. The number of rotatable bonds is 17. The molecule has 22 nitrogen and oxygen atoms in total. The molecule has 29 heteroatoms. The van der Waals surface area contributed by atoms with Crippen molar-refractivity contribution < 1.29 is 71.3 Å². The number of ketones is 3. The molecule has 0 radical (unpaired) electrons. The number of nitrogens with one attached hydrogen (secondary N) is 6. The Kier molecular flexibility index (Phi) is 21.3. The van der Waals surface area contributed by atoms with Gasteiger partial charge in [-0.05, 0) is 151 Å². The van der Waals surface area contributed by atoms with Gasteiger partial charge in [0.05, 0.1) is 74.3 Å². The molecule has 0 unspecified atom stereocenters. The van der Waals surface area contributed by atoms with Crippen LogP contribution in [0.4, 0.5) is 30.2 Å². The van der Waals surface area contributed by atoms with Crippen LogP contribution in [0.5, 0.6) is 0 Å². The lowest BCUT2D eigenvalue weighted by molar-refractivity contribution is -0.118. The van der Waals surface area contributed by atoms with Crippen molar-refractivity contribution in [3.05, 3.63) is 171 Å². The molecule has 3 aromatic carbocycles. The zero-order chi connectivity index (χ0) is 67.5. The zero-order valence-corrected chi connectivity index (χ0v) is 54.1. The van der Waals surface area contributed by atoms with Crippen molar-refractivity contribution in [1.29, 1.82) is 0 Å². The third-order valence-electron chi connectivity index (χ3n) is 15.7. The average molecular weight is 1360 g/mol. The van der Waals surface area contributed by atoms with Crippen LogP contribution < -0.4 is 31.9 Å². The molecule has 1 fully saturated rings. The summed E-state index contributed by atoms with van der Waals surface area (Å²) < 4.78 is 50.4. The van der Waals surface area contributed by atoms with Gasteiger partial charge in [0.2, 0.25) is 0 Å². The Morgan fingerprint density at radius 3 is 1.30 bits per heavy atom. The van der Waals surface area contributed by atoms with E-state index in [1.165, 1.54) is 79.8 Å². The van der Waals surface area contributed by atoms with E-state index >= 15 is 0 Å². The molecule has 11 rings (SSSR count). The second-order valence-corrected chi connectivity index (χ2v) is 25.6. The summed E-state index contributed by atoms with van der Waals surface area (Å²) in [5.41, 5.74) is 3.25. The first-order chi connectivity index (χ1) is 44.0. The smallest absolute Gasteiger partial charge is 0.294 e. The molecule has 93 heavy (non-hydrogen) atoms. The summed E-state index contributed by atoms with van der Waals surface area (Å²) in [4.78, 5) is 120. The first kappa shape index (κ1) is 68.9. The number of aromatic nitrogens is 4. The van der Waals surface area contributed by atoms with Gasteiger partial charge in [0.25, 0.3) is 52.8 Å². The number of aliphatic hydroxyl groups excluding tert-OH is 1. The first-order valence-electron chi connectivity index (χ1n) is 29.4. The van der Waals surface area contributed by atoms with Crippen LogP contribution in [-0.2, 0) is 64.6 Å². The Bertz CT molecular complexity index is 4210. The number of hydrogen-bond acceptors (Lipinski definition) is 14. The SMILES string of the molecule is Cc1cc(NC(=O)c2c(Cl)c(C(=O)C(=O)NCC(C)(C)O)n3c2CCC3)ccc1F.Cc1cc(NC(=O)c2c(Cl)c(C(=O)C(=O)N[C@H]3COC[C@@H]3O)n3c2CCC3)ccc1F.Cc1ncc(CNC(=O)C(=O)c2c(Cl)c(C(=O)Nc3ccc(F)c(C)c3)c3n2CCC3)s1. The van der Waals surface area contributed by atoms with Crippen LogP contribution in [0.2, 0.25) is 15.1 Å². The molecule has 0 spiro atoms. The number of anilines is 3. The molecule has 4 aliphatic rings. The molecule has 2 atom stereocenters. The first-order valence-corrected chi connectivity index (χ1v) is 31.3. The van der Waals surface area contributed by atoms with E-state index in [9.17, 15) is 66.5 Å². The summed E-state index contributed by atoms with van der Waals surface area (Å²) in [6.07, 6.45) is 4.48. The van der Waals surface area contributed by atoms with Crippen LogP contribution in [0.15, 0.2) is 60.8 Å².